The number of anilines is 1. The topological polar surface area (TPSA) is 94.0 Å². The fourth-order valence-corrected chi connectivity index (χ4v) is 2.97. The van der Waals surface area contributed by atoms with Gasteiger partial charge in [-0.15, -0.1) is 0 Å². The maximum Gasteiger partial charge on any atom is 0.241 e. The molecule has 6 heteroatoms. The van der Waals surface area contributed by atoms with Gasteiger partial charge < -0.3 is 16.0 Å². The maximum absolute atomic E-state index is 12.3. The number of amides is 2. The first-order valence-electron chi connectivity index (χ1n) is 7.84. The Kier molecular flexibility index (Phi) is 5.72. The van der Waals surface area contributed by atoms with Gasteiger partial charge in [0, 0.05) is 18.8 Å². The van der Waals surface area contributed by atoms with Gasteiger partial charge in [-0.1, -0.05) is 12.5 Å². The molecule has 1 aromatic rings. The first-order valence-corrected chi connectivity index (χ1v) is 7.84. The third kappa shape index (κ3) is 4.30. The second-order valence-corrected chi connectivity index (χ2v) is 5.83. The fraction of sp³-hybridized carbons (Fsp3) is 0.471. The van der Waals surface area contributed by atoms with Gasteiger partial charge in [0.2, 0.25) is 11.8 Å². The zero-order chi connectivity index (χ0) is 16.8. The zero-order valence-corrected chi connectivity index (χ0v) is 13.4. The van der Waals surface area contributed by atoms with Crippen LogP contribution in [0.15, 0.2) is 24.3 Å². The molecule has 1 saturated carbocycles. The first kappa shape index (κ1) is 17.0. The van der Waals surface area contributed by atoms with E-state index in [1.54, 1.807) is 38.2 Å². The van der Waals surface area contributed by atoms with Crippen molar-refractivity contribution >= 4 is 17.5 Å². The van der Waals surface area contributed by atoms with E-state index in [0.717, 1.165) is 19.3 Å². The van der Waals surface area contributed by atoms with E-state index in [1.807, 2.05) is 6.07 Å². The molecular weight excluding hydrogens is 292 g/mol. The molecule has 6 nitrogen and oxygen atoms in total. The molecule has 1 aromatic carbocycles. The highest BCUT2D eigenvalue weighted by molar-refractivity contribution is 5.94. The molecule has 1 fully saturated rings. The Hall–Kier alpha value is -2.39. The number of nitrogens with zero attached hydrogens (tertiary/aromatic N) is 1. The van der Waals surface area contributed by atoms with E-state index in [1.165, 1.54) is 0 Å². The van der Waals surface area contributed by atoms with Crippen LogP contribution >= 0.6 is 0 Å². The van der Waals surface area contributed by atoms with Gasteiger partial charge in [0.25, 0.3) is 0 Å². The number of carbonyl (C=O) groups is 2. The lowest BCUT2D eigenvalue weighted by Gasteiger charge is -2.23. The Bertz CT molecular complexity index is 623. The number of hydrogen-bond acceptors (Lipinski definition) is 4. The molecule has 3 N–H and O–H groups in total. The zero-order valence-electron chi connectivity index (χ0n) is 13.4. The highest BCUT2D eigenvalue weighted by Crippen LogP contribution is 2.26. The van der Waals surface area contributed by atoms with Crippen molar-refractivity contribution in [2.45, 2.75) is 38.3 Å². The monoisotopic (exact) mass is 314 g/mol. The van der Waals surface area contributed by atoms with Gasteiger partial charge in [-0.3, -0.25) is 9.59 Å². The van der Waals surface area contributed by atoms with E-state index in [4.69, 9.17) is 5.26 Å². The second kappa shape index (κ2) is 7.75. The van der Waals surface area contributed by atoms with Gasteiger partial charge in [0.05, 0.1) is 23.6 Å². The maximum atomic E-state index is 12.3. The number of nitriles is 1. The number of carbonyl (C=O) groups excluding carboxylic acids is 2. The van der Waals surface area contributed by atoms with E-state index in [9.17, 15) is 9.59 Å². The summed E-state index contributed by atoms with van der Waals surface area (Å²) in [6.45, 7) is 1.78. The highest BCUT2D eigenvalue weighted by atomic mass is 16.2. The standard InChI is InChI=1S/C17H22N4O2/c1-11(20-15-8-4-7-14(15)17(23)19-2)16(22)21-13-6-3-5-12(9-13)10-18/h3,5-6,9,11,14-15,20H,4,7-8H2,1-2H3,(H,19,23)(H,21,22). The van der Waals surface area contributed by atoms with E-state index >= 15 is 0 Å². The van der Waals surface area contributed by atoms with Gasteiger partial charge >= 0.3 is 0 Å². The normalized spacial score (nSPS) is 21.3. The van der Waals surface area contributed by atoms with E-state index in [-0.39, 0.29) is 23.8 Å². The number of nitrogens with one attached hydrogen (secondary N) is 3. The Labute approximate surface area is 136 Å². The number of hydrogen-bond donors (Lipinski definition) is 3. The molecule has 122 valence electrons. The third-order valence-electron chi connectivity index (χ3n) is 4.22. The molecule has 1 aliphatic rings. The molecule has 0 spiro atoms. The summed E-state index contributed by atoms with van der Waals surface area (Å²) in [7, 11) is 1.63. The van der Waals surface area contributed by atoms with Crippen LogP contribution in [-0.4, -0.2) is 30.9 Å². The summed E-state index contributed by atoms with van der Waals surface area (Å²) in [5.74, 6) is -0.242. The molecule has 2 rings (SSSR count). The quantitative estimate of drug-likeness (QED) is 0.765. The average molecular weight is 314 g/mol. The van der Waals surface area contributed by atoms with Crippen LogP contribution in [0.2, 0.25) is 0 Å². The van der Waals surface area contributed by atoms with E-state index < -0.39 is 6.04 Å². The van der Waals surface area contributed by atoms with Gasteiger partial charge in [-0.2, -0.15) is 5.26 Å². The van der Waals surface area contributed by atoms with E-state index in [0.29, 0.717) is 11.3 Å². The van der Waals surface area contributed by atoms with Crippen molar-refractivity contribution < 1.29 is 9.59 Å². The van der Waals surface area contributed by atoms with Crippen LogP contribution in [-0.2, 0) is 9.59 Å². The highest BCUT2D eigenvalue weighted by Gasteiger charge is 2.33. The lowest BCUT2D eigenvalue weighted by molar-refractivity contribution is -0.125. The summed E-state index contributed by atoms with van der Waals surface area (Å²) >= 11 is 0. The van der Waals surface area contributed by atoms with Gasteiger partial charge in [-0.05, 0) is 38.0 Å². The fourth-order valence-electron chi connectivity index (χ4n) is 2.97. The smallest absolute Gasteiger partial charge is 0.241 e. The Balaban J connectivity index is 1.94. The molecule has 0 heterocycles. The molecule has 0 saturated heterocycles. The van der Waals surface area contributed by atoms with Crippen molar-refractivity contribution in [3.05, 3.63) is 29.8 Å². The predicted octanol–water partition coefficient (Wildman–Crippen LogP) is 1.39. The van der Waals surface area contributed by atoms with Crippen LogP contribution in [0.3, 0.4) is 0 Å². The number of benzene rings is 1. The molecule has 0 bridgehead atoms. The summed E-state index contributed by atoms with van der Waals surface area (Å²) < 4.78 is 0. The summed E-state index contributed by atoms with van der Waals surface area (Å²) in [6.07, 6.45) is 2.71. The minimum atomic E-state index is -0.420. The molecule has 23 heavy (non-hydrogen) atoms. The van der Waals surface area contributed by atoms with Crippen molar-refractivity contribution in [1.29, 1.82) is 5.26 Å². The van der Waals surface area contributed by atoms with Crippen LogP contribution in [0.4, 0.5) is 5.69 Å². The van der Waals surface area contributed by atoms with Crippen LogP contribution in [0, 0.1) is 17.2 Å². The van der Waals surface area contributed by atoms with Crippen molar-refractivity contribution in [1.82, 2.24) is 10.6 Å². The average Bonchev–Trinajstić information content (AvgIpc) is 3.02. The van der Waals surface area contributed by atoms with Crippen LogP contribution in [0.25, 0.3) is 0 Å². The molecule has 0 aliphatic heterocycles. The molecule has 3 atom stereocenters. The Morgan fingerprint density at radius 1 is 1.35 bits per heavy atom. The van der Waals surface area contributed by atoms with Crippen molar-refractivity contribution in [3.63, 3.8) is 0 Å². The van der Waals surface area contributed by atoms with E-state index in [2.05, 4.69) is 16.0 Å². The van der Waals surface area contributed by atoms with Crippen molar-refractivity contribution in [2.75, 3.05) is 12.4 Å². The van der Waals surface area contributed by atoms with Gasteiger partial charge in [-0.25, -0.2) is 0 Å². The molecular formula is C17H22N4O2. The minimum Gasteiger partial charge on any atom is -0.359 e. The lowest BCUT2D eigenvalue weighted by Crippen LogP contribution is -2.48. The van der Waals surface area contributed by atoms with Crippen molar-refractivity contribution in [3.8, 4) is 6.07 Å². The van der Waals surface area contributed by atoms with Crippen molar-refractivity contribution in [2.24, 2.45) is 5.92 Å². The molecule has 3 unspecified atom stereocenters. The summed E-state index contributed by atoms with van der Waals surface area (Å²) in [5, 5.41) is 17.6. The molecule has 1 aliphatic carbocycles. The molecule has 0 aromatic heterocycles. The van der Waals surface area contributed by atoms with Gasteiger partial charge in [0.15, 0.2) is 0 Å². The second-order valence-electron chi connectivity index (χ2n) is 5.83. The summed E-state index contributed by atoms with van der Waals surface area (Å²) in [6, 6.07) is 8.42. The molecule has 2 amide bonds. The predicted molar refractivity (Wildman–Crippen MR) is 87.6 cm³/mol. The number of rotatable bonds is 5. The molecule has 0 radical (unpaired) electrons. The van der Waals surface area contributed by atoms with Crippen LogP contribution in [0.1, 0.15) is 31.7 Å². The lowest BCUT2D eigenvalue weighted by atomic mass is 10.0. The first-order chi connectivity index (χ1) is 11.0. The van der Waals surface area contributed by atoms with Crippen LogP contribution in [0.5, 0.6) is 0 Å². The summed E-state index contributed by atoms with van der Waals surface area (Å²) in [4.78, 5) is 24.1. The largest absolute Gasteiger partial charge is 0.359 e. The third-order valence-corrected chi connectivity index (χ3v) is 4.22. The SMILES string of the molecule is CNC(=O)C1CCCC1NC(C)C(=O)Nc1cccc(C#N)c1. The Morgan fingerprint density at radius 3 is 2.83 bits per heavy atom. The minimum absolute atomic E-state index is 0.0149. The Morgan fingerprint density at radius 2 is 2.13 bits per heavy atom. The van der Waals surface area contributed by atoms with Gasteiger partial charge in [0.1, 0.15) is 0 Å². The summed E-state index contributed by atoms with van der Waals surface area (Å²) in [5.41, 5.74) is 1.09. The van der Waals surface area contributed by atoms with Crippen LogP contribution < -0.4 is 16.0 Å².